The first kappa shape index (κ1) is 18.6. The minimum atomic E-state index is 1.37. The molecule has 6 aromatic heterocycles. The molecule has 0 bridgehead atoms. The van der Waals surface area contributed by atoms with Gasteiger partial charge in [0.25, 0.3) is 0 Å². The van der Waals surface area contributed by atoms with Gasteiger partial charge in [0.05, 0.1) is 9.40 Å². The molecule has 0 radical (unpaired) electrons. The van der Waals surface area contributed by atoms with Crippen molar-refractivity contribution in [1.29, 1.82) is 0 Å². The molecular formula is C26H14S6. The van der Waals surface area contributed by atoms with E-state index in [0.717, 1.165) is 0 Å². The Balaban J connectivity index is 1.31. The van der Waals surface area contributed by atoms with Gasteiger partial charge in [-0.1, -0.05) is 0 Å². The van der Waals surface area contributed by atoms with Crippen LogP contribution in [-0.4, -0.2) is 0 Å². The number of hydrogen-bond acceptors (Lipinski definition) is 6. The Morgan fingerprint density at radius 1 is 0.406 bits per heavy atom. The largest absolute Gasteiger partial charge is 0.139 e. The number of fused-ring (bicyclic) bond motifs is 8. The summed E-state index contributed by atoms with van der Waals surface area (Å²) in [5.74, 6) is 0. The van der Waals surface area contributed by atoms with Crippen molar-refractivity contribution >= 4 is 127 Å². The van der Waals surface area contributed by atoms with Crippen molar-refractivity contribution in [2.24, 2.45) is 0 Å². The lowest BCUT2D eigenvalue weighted by molar-refractivity contribution is 1.66. The molecule has 32 heavy (non-hydrogen) atoms. The molecule has 8 rings (SSSR count). The molecule has 0 aliphatic rings. The van der Waals surface area contributed by atoms with Gasteiger partial charge in [-0.25, -0.2) is 0 Å². The van der Waals surface area contributed by atoms with Crippen molar-refractivity contribution in [3.8, 4) is 9.75 Å². The SMILES string of the molecule is Cc1cc2sc3cc4sc(-c5cc6cc7c(cc6s5)sc5cc(C)sc57)cc4cc3c2s1. The van der Waals surface area contributed by atoms with Crippen molar-refractivity contribution in [2.75, 3.05) is 0 Å². The van der Waals surface area contributed by atoms with Crippen LogP contribution in [0.25, 0.3) is 68.9 Å². The fourth-order valence-corrected chi connectivity index (χ4v) is 11.9. The first-order valence-corrected chi connectivity index (χ1v) is 15.2. The third-order valence-corrected chi connectivity index (χ3v) is 13.1. The summed E-state index contributed by atoms with van der Waals surface area (Å²) in [5.41, 5.74) is 0. The quantitative estimate of drug-likeness (QED) is 0.203. The van der Waals surface area contributed by atoms with Gasteiger partial charge in [-0.3, -0.25) is 0 Å². The van der Waals surface area contributed by atoms with E-state index >= 15 is 0 Å². The zero-order valence-corrected chi connectivity index (χ0v) is 22.0. The highest BCUT2D eigenvalue weighted by molar-refractivity contribution is 7.34. The highest BCUT2D eigenvalue weighted by atomic mass is 32.1. The monoisotopic (exact) mass is 518 g/mol. The normalized spacial score (nSPS) is 12.7. The van der Waals surface area contributed by atoms with E-state index in [1.165, 1.54) is 78.7 Å². The van der Waals surface area contributed by atoms with Crippen molar-refractivity contribution in [3.63, 3.8) is 0 Å². The van der Waals surface area contributed by atoms with Crippen molar-refractivity contribution < 1.29 is 0 Å². The van der Waals surface area contributed by atoms with Crippen LogP contribution < -0.4 is 0 Å². The molecule has 0 N–H and O–H groups in total. The second-order valence-electron chi connectivity index (χ2n) is 8.30. The summed E-state index contributed by atoms with van der Waals surface area (Å²) in [7, 11) is 0. The summed E-state index contributed by atoms with van der Waals surface area (Å²) in [5, 5.41) is 5.59. The predicted molar refractivity (Wildman–Crippen MR) is 154 cm³/mol. The molecule has 0 saturated carbocycles. The van der Waals surface area contributed by atoms with E-state index in [1.807, 2.05) is 68.0 Å². The highest BCUT2D eigenvalue weighted by Crippen LogP contribution is 2.47. The lowest BCUT2D eigenvalue weighted by Gasteiger charge is -1.91. The van der Waals surface area contributed by atoms with Gasteiger partial charge in [-0.2, -0.15) is 0 Å². The first-order chi connectivity index (χ1) is 15.6. The van der Waals surface area contributed by atoms with Crippen LogP contribution in [0.1, 0.15) is 9.75 Å². The summed E-state index contributed by atoms with van der Waals surface area (Å²) in [6, 6.07) is 19.1. The molecule has 6 heteroatoms. The Morgan fingerprint density at radius 3 is 1.34 bits per heavy atom. The van der Waals surface area contributed by atoms with E-state index in [0.29, 0.717) is 0 Å². The smallest absolute Gasteiger partial charge is 0.0532 e. The third-order valence-electron chi connectivity index (χ3n) is 6.05. The number of aryl methyl sites for hydroxylation is 2. The maximum Gasteiger partial charge on any atom is 0.0532 e. The lowest BCUT2D eigenvalue weighted by atomic mass is 10.2. The summed E-state index contributed by atoms with van der Waals surface area (Å²) in [6.45, 7) is 4.42. The fraction of sp³-hybridized carbons (Fsp3) is 0.0769. The lowest BCUT2D eigenvalue weighted by Crippen LogP contribution is -1.64. The topological polar surface area (TPSA) is 0 Å². The maximum atomic E-state index is 2.42. The van der Waals surface area contributed by atoms with Crippen LogP contribution >= 0.6 is 68.0 Å². The van der Waals surface area contributed by atoms with Crippen LogP contribution in [0.15, 0.2) is 48.5 Å². The molecule has 0 atom stereocenters. The van der Waals surface area contributed by atoms with Crippen LogP contribution in [0.3, 0.4) is 0 Å². The molecule has 2 aromatic carbocycles. The van der Waals surface area contributed by atoms with E-state index in [9.17, 15) is 0 Å². The molecule has 154 valence electrons. The van der Waals surface area contributed by atoms with Crippen LogP contribution in [-0.2, 0) is 0 Å². The maximum absolute atomic E-state index is 2.42. The predicted octanol–water partition coefficient (Wildman–Crippen LogP) is 11.3. The van der Waals surface area contributed by atoms with Crippen molar-refractivity contribution in [1.82, 2.24) is 0 Å². The van der Waals surface area contributed by atoms with Gasteiger partial charge in [0.2, 0.25) is 0 Å². The Hall–Kier alpha value is -1.80. The number of thiophene rings is 6. The molecule has 0 nitrogen and oxygen atoms in total. The number of rotatable bonds is 1. The average Bonchev–Trinajstić information content (AvgIpc) is 3.54. The van der Waals surface area contributed by atoms with Gasteiger partial charge in [0, 0.05) is 58.5 Å². The molecule has 0 aliphatic heterocycles. The van der Waals surface area contributed by atoms with Crippen LogP contribution in [0.2, 0.25) is 0 Å². The standard InChI is InChI=1S/C26H14S6/c1-11-3-23-25(27-11)15-5-13-7-21(29-17(13)9-19(15)31-23)22-8-14-6-16-20(10-18(14)30-22)32-24-4-12(2)28-26(16)24/h3-10H,1-2H3. The van der Waals surface area contributed by atoms with Gasteiger partial charge in [0.1, 0.15) is 0 Å². The van der Waals surface area contributed by atoms with E-state index in [-0.39, 0.29) is 0 Å². The van der Waals surface area contributed by atoms with Gasteiger partial charge >= 0.3 is 0 Å². The molecule has 6 heterocycles. The second-order valence-corrected chi connectivity index (χ2v) is 15.1. The summed E-state index contributed by atoms with van der Waals surface area (Å²) in [4.78, 5) is 5.58. The Bertz CT molecular complexity index is 1860. The van der Waals surface area contributed by atoms with E-state index < -0.39 is 0 Å². The minimum Gasteiger partial charge on any atom is -0.139 e. The summed E-state index contributed by atoms with van der Waals surface area (Å²) < 4.78 is 11.4. The third kappa shape index (κ3) is 2.56. The molecule has 0 spiro atoms. The summed E-state index contributed by atoms with van der Waals surface area (Å²) >= 11 is 11.6. The minimum absolute atomic E-state index is 1.37. The summed E-state index contributed by atoms with van der Waals surface area (Å²) in [6.07, 6.45) is 0. The average molecular weight is 519 g/mol. The van der Waals surface area contributed by atoms with Crippen LogP contribution in [0.5, 0.6) is 0 Å². The molecule has 0 saturated heterocycles. The fourth-order valence-electron chi connectivity index (χ4n) is 4.65. The molecular weight excluding hydrogens is 505 g/mol. The Morgan fingerprint density at radius 2 is 0.875 bits per heavy atom. The molecule has 0 aliphatic carbocycles. The Kier molecular flexibility index (Phi) is 3.73. The molecule has 0 fully saturated rings. The second kappa shape index (κ2) is 6.41. The zero-order chi connectivity index (χ0) is 21.1. The number of hydrogen-bond donors (Lipinski definition) is 0. The van der Waals surface area contributed by atoms with E-state index in [2.05, 4.69) is 62.4 Å². The van der Waals surface area contributed by atoms with Crippen LogP contribution in [0, 0.1) is 13.8 Å². The zero-order valence-electron chi connectivity index (χ0n) is 17.1. The van der Waals surface area contributed by atoms with Gasteiger partial charge < -0.3 is 0 Å². The Labute approximate surface area is 207 Å². The number of benzene rings is 2. The van der Waals surface area contributed by atoms with Gasteiger partial charge in [-0.05, 0) is 73.2 Å². The van der Waals surface area contributed by atoms with Crippen LogP contribution in [0.4, 0.5) is 0 Å². The van der Waals surface area contributed by atoms with E-state index in [1.54, 1.807) is 0 Å². The first-order valence-electron chi connectivity index (χ1n) is 10.3. The van der Waals surface area contributed by atoms with E-state index in [4.69, 9.17) is 0 Å². The van der Waals surface area contributed by atoms with Crippen molar-refractivity contribution in [3.05, 3.63) is 58.3 Å². The molecule has 8 aromatic rings. The molecule has 0 amide bonds. The molecule has 0 unspecified atom stereocenters. The van der Waals surface area contributed by atoms with Crippen molar-refractivity contribution in [2.45, 2.75) is 13.8 Å². The highest BCUT2D eigenvalue weighted by Gasteiger charge is 2.15. The van der Waals surface area contributed by atoms with Gasteiger partial charge in [-0.15, -0.1) is 68.0 Å². The van der Waals surface area contributed by atoms with Gasteiger partial charge in [0.15, 0.2) is 0 Å².